The van der Waals surface area contributed by atoms with E-state index in [2.05, 4.69) is 30.4 Å². The second-order valence-corrected chi connectivity index (χ2v) is 8.62. The Balaban J connectivity index is 1.30. The molecule has 4 heterocycles. The smallest absolute Gasteiger partial charge is 0.150 e. The van der Waals surface area contributed by atoms with Gasteiger partial charge in [-0.1, -0.05) is 12.1 Å². The van der Waals surface area contributed by atoms with Gasteiger partial charge in [0.1, 0.15) is 23.3 Å². The van der Waals surface area contributed by atoms with Crippen molar-refractivity contribution in [3.8, 4) is 0 Å². The van der Waals surface area contributed by atoms with E-state index in [4.69, 9.17) is 4.98 Å². The number of nitrogens with zero attached hydrogens (tertiary/aromatic N) is 5. The van der Waals surface area contributed by atoms with Crippen LogP contribution >= 0.6 is 0 Å². The number of benzene rings is 1. The molecule has 9 heteroatoms. The van der Waals surface area contributed by atoms with Crippen molar-refractivity contribution in [2.45, 2.75) is 31.5 Å². The van der Waals surface area contributed by atoms with Crippen molar-refractivity contribution >= 4 is 23.1 Å². The van der Waals surface area contributed by atoms with Crippen LogP contribution in [0.2, 0.25) is 0 Å². The second-order valence-electron chi connectivity index (χ2n) is 8.62. The van der Waals surface area contributed by atoms with Gasteiger partial charge in [0, 0.05) is 69.0 Å². The molecule has 0 bridgehead atoms. The zero-order valence-electron chi connectivity index (χ0n) is 18.4. The molecule has 3 N–H and O–H groups in total. The fourth-order valence-corrected chi connectivity index (χ4v) is 4.29. The fourth-order valence-electron chi connectivity index (χ4n) is 4.29. The van der Waals surface area contributed by atoms with Crippen molar-refractivity contribution < 1.29 is 9.50 Å². The fraction of sp³-hybridized carbons (Fsp3) is 0.375. The van der Waals surface area contributed by atoms with Gasteiger partial charge in [-0.3, -0.25) is 9.88 Å². The minimum atomic E-state index is -0.245. The Bertz CT molecular complexity index is 1050. The number of anilines is 4. The predicted molar refractivity (Wildman–Crippen MR) is 126 cm³/mol. The summed E-state index contributed by atoms with van der Waals surface area (Å²) in [4.78, 5) is 17.9. The molecular formula is C24H28FN7O. The number of nitrogens with one attached hydrogen (secondary N) is 2. The number of rotatable bonds is 7. The molecule has 8 nitrogen and oxygen atoms in total. The third-order valence-electron chi connectivity index (χ3n) is 6.26. The highest BCUT2D eigenvalue weighted by molar-refractivity contribution is 5.65. The predicted octanol–water partition coefficient (Wildman–Crippen LogP) is 3.01. The van der Waals surface area contributed by atoms with E-state index in [1.807, 2.05) is 12.1 Å². The molecule has 2 aromatic heterocycles. The summed E-state index contributed by atoms with van der Waals surface area (Å²) in [7, 11) is 0. The molecule has 33 heavy (non-hydrogen) atoms. The number of likely N-dealkylation sites (tertiary alicyclic amines) is 1. The lowest BCUT2D eigenvalue weighted by Gasteiger charge is -2.48. The van der Waals surface area contributed by atoms with Crippen LogP contribution in [0.3, 0.4) is 0 Å². The van der Waals surface area contributed by atoms with Crippen LogP contribution in [0, 0.1) is 5.82 Å². The van der Waals surface area contributed by atoms with Crippen molar-refractivity contribution in [1.29, 1.82) is 0 Å². The Hall–Kier alpha value is -3.30. The summed E-state index contributed by atoms with van der Waals surface area (Å²) in [5.41, 5.74) is 2.05. The molecule has 2 fully saturated rings. The maximum absolute atomic E-state index is 13.2. The Morgan fingerprint density at radius 3 is 2.48 bits per heavy atom. The number of piperidine rings is 1. The van der Waals surface area contributed by atoms with Crippen LogP contribution in [0.15, 0.2) is 55.0 Å². The van der Waals surface area contributed by atoms with Crippen LogP contribution in [-0.2, 0) is 6.54 Å². The Kier molecular flexibility index (Phi) is 6.32. The first-order valence-electron chi connectivity index (χ1n) is 11.3. The van der Waals surface area contributed by atoms with Crippen molar-refractivity contribution in [2.24, 2.45) is 0 Å². The molecule has 2 aliphatic rings. The molecule has 0 unspecified atom stereocenters. The van der Waals surface area contributed by atoms with Gasteiger partial charge in [0.15, 0.2) is 0 Å². The second kappa shape index (κ2) is 9.68. The number of aliphatic hydroxyl groups is 1. The summed E-state index contributed by atoms with van der Waals surface area (Å²) >= 11 is 0. The highest BCUT2D eigenvalue weighted by atomic mass is 19.1. The van der Waals surface area contributed by atoms with Crippen LogP contribution < -0.4 is 15.5 Å². The van der Waals surface area contributed by atoms with Gasteiger partial charge in [0.05, 0.1) is 12.3 Å². The van der Waals surface area contributed by atoms with Crippen LogP contribution in [-0.4, -0.2) is 63.3 Å². The SMILES string of the molecule is OC1CCN(C2CN(c3cc(NCc4ccc(F)cc4)nc(Nc4cnccn4)c3)C2)CC1. The summed E-state index contributed by atoms with van der Waals surface area (Å²) in [6.07, 6.45) is 6.48. The summed E-state index contributed by atoms with van der Waals surface area (Å²) < 4.78 is 13.2. The molecule has 0 saturated carbocycles. The minimum absolute atomic E-state index is 0.151. The van der Waals surface area contributed by atoms with Gasteiger partial charge in [-0.15, -0.1) is 0 Å². The van der Waals surface area contributed by atoms with Crippen LogP contribution in [0.25, 0.3) is 0 Å². The highest BCUT2D eigenvalue weighted by Gasteiger charge is 2.34. The summed E-state index contributed by atoms with van der Waals surface area (Å²) in [5, 5.41) is 16.4. The quantitative estimate of drug-likeness (QED) is 0.507. The molecule has 0 atom stereocenters. The number of hydrogen-bond acceptors (Lipinski definition) is 8. The van der Waals surface area contributed by atoms with E-state index in [1.165, 1.54) is 12.1 Å². The molecule has 5 rings (SSSR count). The van der Waals surface area contributed by atoms with E-state index >= 15 is 0 Å². The van der Waals surface area contributed by atoms with E-state index in [0.717, 1.165) is 56.1 Å². The number of aliphatic hydroxyl groups excluding tert-OH is 1. The molecule has 0 radical (unpaired) electrons. The molecule has 2 saturated heterocycles. The van der Waals surface area contributed by atoms with Gasteiger partial charge in [0.25, 0.3) is 0 Å². The molecule has 2 aliphatic heterocycles. The zero-order chi connectivity index (χ0) is 22.6. The molecule has 3 aromatic rings. The van der Waals surface area contributed by atoms with Gasteiger partial charge in [-0.2, -0.15) is 0 Å². The average Bonchev–Trinajstić information content (AvgIpc) is 2.80. The maximum Gasteiger partial charge on any atom is 0.150 e. The van der Waals surface area contributed by atoms with Gasteiger partial charge in [-0.25, -0.2) is 14.4 Å². The van der Waals surface area contributed by atoms with Crippen molar-refractivity contribution in [3.05, 3.63) is 66.4 Å². The van der Waals surface area contributed by atoms with E-state index < -0.39 is 0 Å². The first kappa shape index (κ1) is 21.5. The maximum atomic E-state index is 13.2. The Morgan fingerprint density at radius 1 is 1.00 bits per heavy atom. The molecule has 1 aromatic carbocycles. The third kappa shape index (κ3) is 5.37. The summed E-state index contributed by atoms with van der Waals surface area (Å²) in [5.74, 6) is 1.79. The van der Waals surface area contributed by atoms with Crippen LogP contribution in [0.1, 0.15) is 18.4 Å². The highest BCUT2D eigenvalue weighted by Crippen LogP contribution is 2.30. The first-order valence-corrected chi connectivity index (χ1v) is 11.3. The summed E-state index contributed by atoms with van der Waals surface area (Å²) in [6.45, 7) is 4.35. The molecular weight excluding hydrogens is 421 g/mol. The van der Waals surface area contributed by atoms with Gasteiger partial charge >= 0.3 is 0 Å². The van der Waals surface area contributed by atoms with Crippen LogP contribution in [0.4, 0.5) is 27.5 Å². The topological polar surface area (TPSA) is 89.4 Å². The lowest BCUT2D eigenvalue weighted by Crippen LogP contribution is -2.61. The lowest BCUT2D eigenvalue weighted by molar-refractivity contribution is 0.0531. The number of hydrogen-bond donors (Lipinski definition) is 3. The largest absolute Gasteiger partial charge is 0.393 e. The normalized spacial score (nSPS) is 17.6. The van der Waals surface area contributed by atoms with Crippen molar-refractivity contribution in [2.75, 3.05) is 41.7 Å². The number of aromatic nitrogens is 3. The van der Waals surface area contributed by atoms with Crippen LogP contribution in [0.5, 0.6) is 0 Å². The average molecular weight is 450 g/mol. The lowest BCUT2D eigenvalue weighted by atomic mass is 10.0. The van der Waals surface area contributed by atoms with E-state index in [0.29, 0.717) is 24.2 Å². The molecule has 172 valence electrons. The monoisotopic (exact) mass is 449 g/mol. The van der Waals surface area contributed by atoms with Gasteiger partial charge in [0.2, 0.25) is 0 Å². The van der Waals surface area contributed by atoms with E-state index in [9.17, 15) is 9.50 Å². The van der Waals surface area contributed by atoms with E-state index in [-0.39, 0.29) is 11.9 Å². The van der Waals surface area contributed by atoms with E-state index in [1.54, 1.807) is 30.7 Å². The van der Waals surface area contributed by atoms with Crippen molar-refractivity contribution in [1.82, 2.24) is 19.9 Å². The zero-order valence-corrected chi connectivity index (χ0v) is 18.4. The molecule has 0 aliphatic carbocycles. The standard InChI is InChI=1S/C24H28FN7O/c25-18-3-1-17(2-4-18)13-28-22-11-19(12-23(29-22)30-24-14-26-7-8-27-24)32-15-20(16-32)31-9-5-21(33)6-10-31/h1-4,7-8,11-12,14,20-21,33H,5-6,9-10,13,15-16H2,(H2,27,28,29,30). The third-order valence-corrected chi connectivity index (χ3v) is 6.26. The molecule has 0 spiro atoms. The minimum Gasteiger partial charge on any atom is -0.393 e. The molecule has 0 amide bonds. The number of halogens is 1. The van der Waals surface area contributed by atoms with Gasteiger partial charge in [-0.05, 0) is 30.5 Å². The Labute approximate surface area is 192 Å². The number of pyridine rings is 1. The first-order chi connectivity index (χ1) is 16.1. The Morgan fingerprint density at radius 2 is 1.76 bits per heavy atom. The summed E-state index contributed by atoms with van der Waals surface area (Å²) in [6, 6.07) is 11.0. The van der Waals surface area contributed by atoms with Crippen molar-refractivity contribution in [3.63, 3.8) is 0 Å². The van der Waals surface area contributed by atoms with Gasteiger partial charge < -0.3 is 20.6 Å².